The molecular formula is C17H16N4O2S. The number of pyridine rings is 1. The van der Waals surface area contributed by atoms with Crippen LogP contribution in [0.25, 0.3) is 11.9 Å². The maximum atomic E-state index is 12.1. The van der Waals surface area contributed by atoms with Crippen molar-refractivity contribution in [2.24, 2.45) is 0 Å². The molecule has 0 saturated heterocycles. The van der Waals surface area contributed by atoms with Crippen molar-refractivity contribution in [2.75, 3.05) is 4.72 Å². The van der Waals surface area contributed by atoms with Crippen LogP contribution in [0.4, 0.5) is 5.69 Å². The van der Waals surface area contributed by atoms with E-state index in [1.807, 2.05) is 31.2 Å². The number of benzene rings is 1. The van der Waals surface area contributed by atoms with E-state index in [0.29, 0.717) is 11.5 Å². The minimum absolute atomic E-state index is 0.396. The number of nitrogens with zero attached hydrogens (tertiary/aromatic N) is 3. The molecule has 24 heavy (non-hydrogen) atoms. The molecule has 6 nitrogen and oxygen atoms in total. The number of anilines is 1. The summed E-state index contributed by atoms with van der Waals surface area (Å²) in [5.74, 6) is 0.658. The van der Waals surface area contributed by atoms with Crippen LogP contribution in [0.1, 0.15) is 11.1 Å². The minimum Gasteiger partial charge on any atom is -0.291 e. The van der Waals surface area contributed by atoms with Gasteiger partial charge in [0, 0.05) is 12.4 Å². The summed E-state index contributed by atoms with van der Waals surface area (Å²) in [6, 6.07) is 10.9. The molecule has 0 radical (unpaired) electrons. The molecule has 3 rings (SSSR count). The highest BCUT2D eigenvalue weighted by Crippen LogP contribution is 2.13. The zero-order valence-electron chi connectivity index (χ0n) is 13.0. The van der Waals surface area contributed by atoms with Gasteiger partial charge < -0.3 is 0 Å². The van der Waals surface area contributed by atoms with E-state index in [9.17, 15) is 8.42 Å². The van der Waals surface area contributed by atoms with Gasteiger partial charge in [-0.05, 0) is 30.7 Å². The van der Waals surface area contributed by atoms with Crippen molar-refractivity contribution in [3.63, 3.8) is 0 Å². The molecule has 1 N–H and O–H groups in total. The Balaban J connectivity index is 1.71. The first-order valence-corrected chi connectivity index (χ1v) is 8.78. The van der Waals surface area contributed by atoms with Crippen LogP contribution in [0.2, 0.25) is 0 Å². The zero-order chi connectivity index (χ0) is 17.0. The number of sulfonamides is 1. The van der Waals surface area contributed by atoms with Crippen LogP contribution in [0.5, 0.6) is 0 Å². The molecule has 7 heteroatoms. The van der Waals surface area contributed by atoms with E-state index >= 15 is 0 Å². The lowest BCUT2D eigenvalue weighted by molar-refractivity contribution is 0.609. The van der Waals surface area contributed by atoms with Crippen molar-refractivity contribution in [3.8, 4) is 5.82 Å². The second kappa shape index (κ2) is 6.67. The predicted octanol–water partition coefficient (Wildman–Crippen LogP) is 2.99. The first kappa shape index (κ1) is 15.9. The van der Waals surface area contributed by atoms with Crippen molar-refractivity contribution in [1.82, 2.24) is 14.5 Å². The summed E-state index contributed by atoms with van der Waals surface area (Å²) in [6.45, 7) is 1.98. The van der Waals surface area contributed by atoms with Gasteiger partial charge in [-0.2, -0.15) is 0 Å². The Labute approximate surface area is 140 Å². The summed E-state index contributed by atoms with van der Waals surface area (Å²) in [6.07, 6.45) is 8.04. The molecule has 0 saturated carbocycles. The van der Waals surface area contributed by atoms with Gasteiger partial charge >= 0.3 is 0 Å². The Bertz CT molecular complexity index is 929. The Kier molecular flexibility index (Phi) is 4.43. The van der Waals surface area contributed by atoms with Gasteiger partial charge in [-0.1, -0.05) is 29.8 Å². The molecule has 0 fully saturated rings. The highest BCUT2D eigenvalue weighted by Gasteiger charge is 2.06. The summed E-state index contributed by atoms with van der Waals surface area (Å²) in [4.78, 5) is 8.15. The molecule has 0 bridgehead atoms. The van der Waals surface area contributed by atoms with Crippen LogP contribution >= 0.6 is 0 Å². The van der Waals surface area contributed by atoms with Crippen LogP contribution in [0.15, 0.2) is 66.7 Å². The Morgan fingerprint density at radius 1 is 1.12 bits per heavy atom. The van der Waals surface area contributed by atoms with E-state index < -0.39 is 10.0 Å². The Morgan fingerprint density at radius 2 is 1.92 bits per heavy atom. The number of aryl methyl sites for hydroxylation is 1. The molecule has 2 aromatic heterocycles. The third-order valence-electron chi connectivity index (χ3n) is 3.29. The van der Waals surface area contributed by atoms with Crippen LogP contribution in [-0.4, -0.2) is 23.0 Å². The maximum Gasteiger partial charge on any atom is 0.255 e. The fourth-order valence-electron chi connectivity index (χ4n) is 2.04. The van der Waals surface area contributed by atoms with Crippen molar-refractivity contribution in [3.05, 3.63) is 77.9 Å². The zero-order valence-corrected chi connectivity index (χ0v) is 13.8. The van der Waals surface area contributed by atoms with Gasteiger partial charge in [0.1, 0.15) is 12.1 Å². The van der Waals surface area contributed by atoms with E-state index in [-0.39, 0.29) is 0 Å². The van der Waals surface area contributed by atoms with Gasteiger partial charge in [-0.25, -0.2) is 18.4 Å². The fraction of sp³-hybridized carbons (Fsp3) is 0.0588. The summed E-state index contributed by atoms with van der Waals surface area (Å²) >= 11 is 0. The highest BCUT2D eigenvalue weighted by molar-refractivity contribution is 7.95. The van der Waals surface area contributed by atoms with Crippen LogP contribution in [-0.2, 0) is 10.0 Å². The molecular weight excluding hydrogens is 324 g/mol. The van der Waals surface area contributed by atoms with Crippen LogP contribution in [0.3, 0.4) is 0 Å². The lowest BCUT2D eigenvalue weighted by atomic mass is 10.2. The number of nitrogens with one attached hydrogen (secondary N) is 1. The molecule has 0 atom stereocenters. The molecule has 0 amide bonds. The van der Waals surface area contributed by atoms with Crippen molar-refractivity contribution < 1.29 is 8.42 Å². The molecule has 0 aliphatic carbocycles. The van der Waals surface area contributed by atoms with E-state index in [4.69, 9.17) is 0 Å². The average molecular weight is 340 g/mol. The van der Waals surface area contributed by atoms with Crippen molar-refractivity contribution in [1.29, 1.82) is 0 Å². The minimum atomic E-state index is -3.60. The van der Waals surface area contributed by atoms with Gasteiger partial charge in [-0.3, -0.25) is 9.29 Å². The quantitative estimate of drug-likeness (QED) is 0.774. The number of aromatic nitrogens is 3. The van der Waals surface area contributed by atoms with E-state index in [1.165, 1.54) is 6.20 Å². The smallest absolute Gasteiger partial charge is 0.255 e. The third kappa shape index (κ3) is 4.08. The first-order valence-electron chi connectivity index (χ1n) is 7.24. The average Bonchev–Trinajstić information content (AvgIpc) is 3.09. The summed E-state index contributed by atoms with van der Waals surface area (Å²) in [5.41, 5.74) is 2.34. The normalized spacial score (nSPS) is 11.7. The maximum absolute atomic E-state index is 12.1. The molecule has 0 unspecified atom stereocenters. The summed E-state index contributed by atoms with van der Waals surface area (Å²) < 4.78 is 28.4. The molecule has 0 spiro atoms. The SMILES string of the molecule is Cc1ccc(/C=C/S(=O)(=O)Nc2ccc(-n3ccnc3)nc2)cc1. The van der Waals surface area contributed by atoms with E-state index in [1.54, 1.807) is 41.5 Å². The van der Waals surface area contributed by atoms with Gasteiger partial charge in [0.2, 0.25) is 0 Å². The molecule has 122 valence electrons. The Hall–Kier alpha value is -2.93. The number of hydrogen-bond donors (Lipinski definition) is 1. The number of imidazole rings is 1. The molecule has 0 aliphatic heterocycles. The standard InChI is InChI=1S/C17H16N4O2S/c1-14-2-4-15(5-3-14)8-11-24(22,23)20-16-6-7-17(19-12-16)21-10-9-18-13-21/h2-13,20H,1H3/b11-8+. The molecule has 0 aliphatic rings. The molecule has 2 heterocycles. The van der Waals surface area contributed by atoms with Crippen molar-refractivity contribution in [2.45, 2.75) is 6.92 Å². The fourth-order valence-corrected chi connectivity index (χ4v) is 2.89. The third-order valence-corrected chi connectivity index (χ3v) is 4.31. The lowest BCUT2D eigenvalue weighted by Crippen LogP contribution is -2.09. The highest BCUT2D eigenvalue weighted by atomic mass is 32.2. The van der Waals surface area contributed by atoms with Gasteiger partial charge in [0.15, 0.2) is 0 Å². The summed E-state index contributed by atoms with van der Waals surface area (Å²) in [5, 5.41) is 1.14. The number of rotatable bonds is 5. The van der Waals surface area contributed by atoms with E-state index in [2.05, 4.69) is 14.7 Å². The second-order valence-corrected chi connectivity index (χ2v) is 6.80. The van der Waals surface area contributed by atoms with Gasteiger partial charge in [0.25, 0.3) is 10.0 Å². The topological polar surface area (TPSA) is 76.9 Å². The monoisotopic (exact) mass is 340 g/mol. The van der Waals surface area contributed by atoms with Gasteiger partial charge in [-0.15, -0.1) is 0 Å². The van der Waals surface area contributed by atoms with Crippen LogP contribution < -0.4 is 4.72 Å². The van der Waals surface area contributed by atoms with E-state index in [0.717, 1.165) is 16.5 Å². The number of hydrogen-bond acceptors (Lipinski definition) is 4. The largest absolute Gasteiger partial charge is 0.291 e. The molecule has 1 aromatic carbocycles. The lowest BCUT2D eigenvalue weighted by Gasteiger charge is -2.05. The first-order chi connectivity index (χ1) is 11.5. The Morgan fingerprint density at radius 3 is 2.54 bits per heavy atom. The van der Waals surface area contributed by atoms with Crippen molar-refractivity contribution >= 4 is 21.8 Å². The molecule has 3 aromatic rings. The summed E-state index contributed by atoms with van der Waals surface area (Å²) in [7, 11) is -3.60. The van der Waals surface area contributed by atoms with Gasteiger partial charge in [0.05, 0.1) is 17.3 Å². The predicted molar refractivity (Wildman–Crippen MR) is 94.1 cm³/mol. The van der Waals surface area contributed by atoms with Crippen LogP contribution in [0, 0.1) is 6.92 Å². The second-order valence-electron chi connectivity index (χ2n) is 5.24.